The monoisotopic (exact) mass is 1130 g/mol. The molecule has 8 bridgehead atoms. The molecule has 2 aliphatic heterocycles. The van der Waals surface area contributed by atoms with Crippen LogP contribution in [0.15, 0.2) is 122 Å². The number of aryl methyl sites for hydroxylation is 4. The van der Waals surface area contributed by atoms with E-state index in [1.807, 2.05) is 46.5 Å². The summed E-state index contributed by atoms with van der Waals surface area (Å²) in [5.74, 6) is 0. The topological polar surface area (TPSA) is 438 Å². The molecule has 2 aliphatic rings. The minimum atomic E-state index is -4.94. The molecule has 0 saturated carbocycles. The largest absolute Gasteiger partial charge is 2.00 e. The predicted octanol–water partition coefficient (Wildman–Crippen LogP) is -13.1. The fourth-order valence-electron chi connectivity index (χ4n) is 6.94. The molecule has 0 amide bonds. The Morgan fingerprint density at radius 3 is 0.603 bits per heavy atom. The van der Waals surface area contributed by atoms with Crippen molar-refractivity contribution in [2.24, 2.45) is 28.2 Å². The molecule has 7 aromatic heterocycles. The van der Waals surface area contributed by atoms with Gasteiger partial charge in [0.2, 0.25) is 0 Å². The number of fused-ring (bicyclic) bond motifs is 8. The summed E-state index contributed by atoms with van der Waals surface area (Å²) in [6, 6.07) is 25.4. The molecule has 0 aromatic carbocycles. The smallest absolute Gasteiger partial charge is 0.657 e. The van der Waals surface area contributed by atoms with Gasteiger partial charge in [0.15, 0.2) is 49.6 Å². The summed E-state index contributed by atoms with van der Waals surface area (Å²) in [5, 5.41) is 0. The number of nitrogens with zero attached hydrogens (tertiary/aromatic N) is 8. The van der Waals surface area contributed by atoms with Gasteiger partial charge in [0.1, 0.15) is 28.2 Å². The fraction of sp³-hybridized carbons (Fsp3) is 0.0909. The fourth-order valence-corrected chi connectivity index (χ4v) is 6.94. The van der Waals surface area contributed by atoms with Crippen LogP contribution in [0.25, 0.3) is 90.9 Å². The molecule has 0 fully saturated rings. The first-order chi connectivity index (χ1) is 33.4. The van der Waals surface area contributed by atoms with Crippen molar-refractivity contribution in [3.05, 3.63) is 145 Å². The van der Waals surface area contributed by atoms with Crippen LogP contribution in [0.4, 0.5) is 0 Å². The summed E-state index contributed by atoms with van der Waals surface area (Å²) in [6.07, 6.45) is 24.9. The van der Waals surface area contributed by atoms with E-state index in [0.717, 1.165) is 89.4 Å². The summed E-state index contributed by atoms with van der Waals surface area (Å²) in [7, 11) is -11.7. The molecular formula is C44H36Cl4CoN8O16. The van der Waals surface area contributed by atoms with E-state index >= 15 is 0 Å². The van der Waals surface area contributed by atoms with E-state index in [9.17, 15) is 0 Å². The van der Waals surface area contributed by atoms with Crippen LogP contribution in [0.1, 0.15) is 22.8 Å². The standard InChI is InChI=1S/C44H36N8.4ClHO4.Co/c1-49-21-13-29(14-22-49)41-33-5-7-35(45-33)42(30-15-23-50(2)24-16-30)37-9-11-39(47-37)44(32-19-27-52(4)28-20-32)40-12-10-38(48-40)43(36-8-6-34(41)46-36)31-17-25-51(3)26-18-31;4*2-1(3,4)5;/h5-28H,1-4H3;4*(H,2,3,4,5);/q+2;;;;;+2/p-4. The van der Waals surface area contributed by atoms with Crippen LogP contribution in [0.3, 0.4) is 0 Å². The Hall–Kier alpha value is -5.77. The van der Waals surface area contributed by atoms with Crippen molar-refractivity contribution < 1.29 is 151 Å². The van der Waals surface area contributed by atoms with Crippen LogP contribution in [-0.2, 0) is 45.0 Å². The maximum Gasteiger partial charge on any atom is 2.00 e. The summed E-state index contributed by atoms with van der Waals surface area (Å²) in [4.78, 5) is 21.4. The van der Waals surface area contributed by atoms with E-state index in [0.29, 0.717) is 0 Å². The van der Waals surface area contributed by atoms with Crippen molar-refractivity contribution in [1.29, 1.82) is 0 Å². The molecule has 29 heteroatoms. The van der Waals surface area contributed by atoms with Crippen LogP contribution in [0.5, 0.6) is 0 Å². The molecule has 0 atom stereocenters. The van der Waals surface area contributed by atoms with Crippen LogP contribution in [-0.4, -0.2) is 9.97 Å². The molecule has 0 N–H and O–H groups in total. The normalized spacial score (nSPS) is 11.9. The van der Waals surface area contributed by atoms with Gasteiger partial charge < -0.3 is 9.97 Å². The Balaban J connectivity index is 0.000000470. The summed E-state index contributed by atoms with van der Waals surface area (Å²) in [5.41, 5.74) is 14.7. The van der Waals surface area contributed by atoms with Gasteiger partial charge in [-0.2, -0.15) is 0 Å². The zero-order valence-electron chi connectivity index (χ0n) is 37.8. The van der Waals surface area contributed by atoms with Gasteiger partial charge in [-0.25, -0.2) is 103 Å². The maximum absolute atomic E-state index is 8.49. The Bertz CT molecular complexity index is 2770. The van der Waals surface area contributed by atoms with Crippen molar-refractivity contribution in [1.82, 2.24) is 19.9 Å². The van der Waals surface area contributed by atoms with Gasteiger partial charge in [0.05, 0.1) is 22.8 Å². The molecule has 9 heterocycles. The van der Waals surface area contributed by atoms with E-state index in [1.54, 1.807) is 0 Å². The SMILES string of the molecule is C[n+]1ccc(-c2c3nc(c(-c4cc[n+](C)cc4)c4ccc([n-]4)c(-c4cc[n+](C)cc4)c4nc(c(-c5cc[n+](C)cc5)c5ccc2[n-]5)C=C4)C=C3)cc1.[Co+2].[O-][Cl+3]([O-])([O-])[O-].[O-][Cl+3]([O-])([O-])[O-].[O-][Cl+3]([O-])([O-])[O-].[O-][Cl+3]([O-])([O-])[O-]. The average molecular weight is 1130 g/mol. The molecule has 7 aromatic rings. The quantitative estimate of drug-likeness (QED) is 0.148. The van der Waals surface area contributed by atoms with Gasteiger partial charge in [0, 0.05) is 48.5 Å². The van der Waals surface area contributed by atoms with Crippen LogP contribution >= 0.6 is 0 Å². The van der Waals surface area contributed by atoms with E-state index in [4.69, 9.17) is 94.5 Å². The molecule has 1 radical (unpaired) electrons. The Morgan fingerprint density at radius 1 is 0.301 bits per heavy atom. The molecule has 0 saturated heterocycles. The van der Waals surface area contributed by atoms with E-state index in [2.05, 4.69) is 147 Å². The molecule has 73 heavy (non-hydrogen) atoms. The molecule has 0 unspecified atom stereocenters. The van der Waals surface area contributed by atoms with Crippen LogP contribution < -0.4 is 103 Å². The number of hydrogen-bond acceptors (Lipinski definition) is 18. The van der Waals surface area contributed by atoms with Crippen molar-refractivity contribution in [3.63, 3.8) is 0 Å². The number of halogens is 4. The average Bonchev–Trinajstić information content (AvgIpc) is 4.09. The number of pyridine rings is 4. The van der Waals surface area contributed by atoms with Crippen LogP contribution in [0.2, 0.25) is 0 Å². The van der Waals surface area contributed by atoms with Crippen molar-refractivity contribution in [2.45, 2.75) is 0 Å². The van der Waals surface area contributed by atoms with Crippen molar-refractivity contribution in [2.75, 3.05) is 0 Å². The van der Waals surface area contributed by atoms with Crippen molar-refractivity contribution >= 4 is 46.4 Å². The van der Waals surface area contributed by atoms with E-state index < -0.39 is 41.0 Å². The second kappa shape index (κ2) is 25.0. The molecule has 9 rings (SSSR count). The van der Waals surface area contributed by atoms with Gasteiger partial charge in [-0.15, -0.1) is 63.0 Å². The van der Waals surface area contributed by atoms with Gasteiger partial charge in [-0.3, -0.25) is 0 Å². The van der Waals surface area contributed by atoms with Gasteiger partial charge >= 0.3 is 16.8 Å². The van der Waals surface area contributed by atoms with E-state index in [1.165, 1.54) is 0 Å². The maximum atomic E-state index is 8.49. The Morgan fingerprint density at radius 2 is 0.452 bits per heavy atom. The van der Waals surface area contributed by atoms with Gasteiger partial charge in [0.25, 0.3) is 0 Å². The predicted molar refractivity (Wildman–Crippen MR) is 203 cm³/mol. The second-order valence-electron chi connectivity index (χ2n) is 14.9. The van der Waals surface area contributed by atoms with E-state index in [-0.39, 0.29) is 16.8 Å². The van der Waals surface area contributed by atoms with Crippen LogP contribution in [0, 0.1) is 41.0 Å². The minimum Gasteiger partial charge on any atom is -0.657 e. The third kappa shape index (κ3) is 19.5. The zero-order valence-corrected chi connectivity index (χ0v) is 41.9. The molecule has 24 nitrogen and oxygen atoms in total. The molecule has 385 valence electrons. The minimum absolute atomic E-state index is 0. The first kappa shape index (κ1) is 59.8. The third-order valence-electron chi connectivity index (χ3n) is 9.68. The zero-order chi connectivity index (χ0) is 53.3. The number of aromatic nitrogens is 8. The van der Waals surface area contributed by atoms with Crippen molar-refractivity contribution in [3.8, 4) is 44.5 Å². The summed E-state index contributed by atoms with van der Waals surface area (Å²) < 4.78 is 144. The second-order valence-corrected chi connectivity index (χ2v) is 17.9. The molecule has 0 aliphatic carbocycles. The Labute approximate surface area is 432 Å². The summed E-state index contributed by atoms with van der Waals surface area (Å²) >= 11 is 0. The number of hydrogen-bond donors (Lipinski definition) is 0. The third-order valence-corrected chi connectivity index (χ3v) is 9.68. The molecular weight excluding hydrogens is 1100 g/mol. The summed E-state index contributed by atoms with van der Waals surface area (Å²) in [6.45, 7) is 0. The van der Waals surface area contributed by atoms with Gasteiger partial charge in [-0.05, 0) is 68.8 Å². The first-order valence-electron chi connectivity index (χ1n) is 19.7. The molecule has 0 spiro atoms. The Kier molecular flexibility index (Phi) is 20.4. The first-order valence-corrected chi connectivity index (χ1v) is 24.7. The van der Waals surface area contributed by atoms with Gasteiger partial charge in [-0.1, -0.05) is 24.3 Å². The number of rotatable bonds is 4.